The first kappa shape index (κ1) is 25.1. The van der Waals surface area contributed by atoms with Crippen LogP contribution < -0.4 is 5.32 Å². The third kappa shape index (κ3) is 4.74. The number of halogens is 1. The van der Waals surface area contributed by atoms with Crippen molar-refractivity contribution >= 4 is 38.4 Å². The Morgan fingerprint density at radius 2 is 1.68 bits per heavy atom. The molecule has 1 unspecified atom stereocenters. The van der Waals surface area contributed by atoms with Crippen LogP contribution in [0.3, 0.4) is 0 Å². The van der Waals surface area contributed by atoms with Crippen LogP contribution in [0.2, 0.25) is 0 Å². The lowest BCUT2D eigenvalue weighted by molar-refractivity contribution is 0.182. The number of benzene rings is 2. The second-order valence-electron chi connectivity index (χ2n) is 10.7. The quantitative estimate of drug-likeness (QED) is 0.374. The predicted molar refractivity (Wildman–Crippen MR) is 159 cm³/mol. The zero-order chi connectivity index (χ0) is 26.4. The molecule has 1 atom stereocenters. The van der Waals surface area contributed by atoms with Crippen molar-refractivity contribution in [3.63, 3.8) is 0 Å². The van der Waals surface area contributed by atoms with Gasteiger partial charge >= 0.3 is 6.03 Å². The first-order valence-corrected chi connectivity index (χ1v) is 14.4. The molecule has 1 aliphatic carbocycles. The summed E-state index contributed by atoms with van der Waals surface area (Å²) in [5, 5.41) is 5.41. The molecule has 0 saturated carbocycles. The number of rotatable bonds is 3. The smallest absolute Gasteiger partial charge is 0.326 e. The van der Waals surface area contributed by atoms with E-state index in [1.54, 1.807) is 0 Å². The highest BCUT2D eigenvalue weighted by Gasteiger charge is 2.34. The largest absolute Gasteiger partial charge is 0.371 e. The van der Waals surface area contributed by atoms with Gasteiger partial charge in [0.2, 0.25) is 0 Å². The average molecular weight is 573 g/mol. The van der Waals surface area contributed by atoms with Crippen LogP contribution in [0.15, 0.2) is 71.6 Å². The lowest BCUT2D eigenvalue weighted by Crippen LogP contribution is -2.45. The van der Waals surface area contributed by atoms with E-state index in [4.69, 9.17) is 0 Å². The fourth-order valence-electron chi connectivity index (χ4n) is 6.03. The molecule has 0 spiro atoms. The minimum atomic E-state index is -0.0643. The van der Waals surface area contributed by atoms with E-state index >= 15 is 0 Å². The van der Waals surface area contributed by atoms with E-state index < -0.39 is 0 Å². The van der Waals surface area contributed by atoms with Crippen molar-refractivity contribution < 1.29 is 4.79 Å². The Labute approximate surface area is 233 Å². The molecular formula is C31H34BrN5O. The van der Waals surface area contributed by atoms with Gasteiger partial charge in [0, 0.05) is 60.9 Å². The summed E-state index contributed by atoms with van der Waals surface area (Å²) >= 11 is 3.93. The zero-order valence-electron chi connectivity index (χ0n) is 22.3. The lowest BCUT2D eigenvalue weighted by atomic mass is 9.97. The number of aromatic nitrogens is 1. The highest BCUT2D eigenvalue weighted by atomic mass is 79.9. The van der Waals surface area contributed by atoms with Crippen molar-refractivity contribution in [3.8, 4) is 11.1 Å². The number of allylic oxidation sites excluding steroid dienone is 2. The van der Waals surface area contributed by atoms with Gasteiger partial charge in [0.15, 0.2) is 0 Å². The molecule has 196 valence electrons. The van der Waals surface area contributed by atoms with Crippen LogP contribution >= 0.6 is 15.9 Å². The molecule has 2 amide bonds. The van der Waals surface area contributed by atoms with Crippen LogP contribution in [-0.4, -0.2) is 70.3 Å². The molecule has 1 fully saturated rings. The van der Waals surface area contributed by atoms with E-state index in [2.05, 4.69) is 85.6 Å². The van der Waals surface area contributed by atoms with Gasteiger partial charge < -0.3 is 15.1 Å². The average Bonchev–Trinajstić information content (AvgIpc) is 3.31. The van der Waals surface area contributed by atoms with Gasteiger partial charge in [-0.15, -0.1) is 0 Å². The van der Waals surface area contributed by atoms with Crippen molar-refractivity contribution in [1.82, 2.24) is 19.7 Å². The van der Waals surface area contributed by atoms with E-state index in [1.165, 1.54) is 11.3 Å². The van der Waals surface area contributed by atoms with Gasteiger partial charge in [-0.1, -0.05) is 46.3 Å². The molecule has 3 aliphatic rings. The number of pyridine rings is 1. The van der Waals surface area contributed by atoms with E-state index in [9.17, 15) is 4.79 Å². The number of urea groups is 1. The molecule has 2 aliphatic heterocycles. The van der Waals surface area contributed by atoms with Crippen LogP contribution in [0, 0.1) is 13.8 Å². The molecule has 0 radical (unpaired) electrons. The predicted octanol–water partition coefficient (Wildman–Crippen LogP) is 6.31. The Morgan fingerprint density at radius 1 is 0.974 bits per heavy atom. The van der Waals surface area contributed by atoms with Crippen LogP contribution in [0.5, 0.6) is 0 Å². The standard InChI is InChI=1S/C31H34BrN5O/c1-20-16-23(17-21(2)33-20)24-6-4-8-26-25(24)7-5-9-28(26)34-31(38)37-11-10-22-18-27(32)30(19-29(22)37)36-14-12-35(3)13-15-36/h4-9,16-17,19,27H,10-15,18H2,1-3H3,(H,34,38). The van der Waals surface area contributed by atoms with Gasteiger partial charge in [0.05, 0.1) is 10.5 Å². The highest BCUT2D eigenvalue weighted by Crippen LogP contribution is 2.39. The van der Waals surface area contributed by atoms with E-state index in [0.29, 0.717) is 11.4 Å². The Morgan fingerprint density at radius 3 is 2.45 bits per heavy atom. The van der Waals surface area contributed by atoms with E-state index in [1.807, 2.05) is 30.9 Å². The molecule has 38 heavy (non-hydrogen) atoms. The van der Waals surface area contributed by atoms with Crippen molar-refractivity contribution in [2.45, 2.75) is 31.5 Å². The fourth-order valence-corrected chi connectivity index (χ4v) is 6.85. The number of likely N-dealkylation sites (N-methyl/N-ethyl adjacent to an activating group) is 1. The molecule has 2 aromatic carbocycles. The Hall–Kier alpha value is -3.16. The van der Waals surface area contributed by atoms with Crippen LogP contribution in [0.4, 0.5) is 10.5 Å². The van der Waals surface area contributed by atoms with Crippen molar-refractivity contribution in [2.75, 3.05) is 45.1 Å². The second-order valence-corrected chi connectivity index (χ2v) is 11.8. The number of nitrogens with one attached hydrogen (secondary N) is 1. The molecule has 1 N–H and O–H groups in total. The number of alkyl halides is 1. The summed E-state index contributed by atoms with van der Waals surface area (Å²) in [7, 11) is 2.18. The monoisotopic (exact) mass is 571 g/mol. The van der Waals surface area contributed by atoms with Crippen molar-refractivity contribution in [3.05, 3.63) is 83.0 Å². The number of amides is 2. The number of nitrogens with zero attached hydrogens (tertiary/aromatic N) is 4. The maximum atomic E-state index is 13.7. The van der Waals surface area contributed by atoms with Gasteiger partial charge in [0.25, 0.3) is 0 Å². The van der Waals surface area contributed by atoms with Gasteiger partial charge in [-0.25, -0.2) is 4.79 Å². The number of hydrogen-bond acceptors (Lipinski definition) is 4. The molecule has 1 saturated heterocycles. The number of piperazine rings is 1. The van der Waals surface area contributed by atoms with Crippen LogP contribution in [-0.2, 0) is 0 Å². The molecule has 6 nitrogen and oxygen atoms in total. The first-order valence-electron chi connectivity index (χ1n) is 13.4. The number of carbonyl (C=O) groups is 1. The van der Waals surface area contributed by atoms with Crippen LogP contribution in [0.1, 0.15) is 24.2 Å². The Bertz CT molecular complexity index is 1450. The summed E-state index contributed by atoms with van der Waals surface area (Å²) in [5.41, 5.74) is 8.88. The Kier molecular flexibility index (Phi) is 6.74. The number of carbonyl (C=O) groups excluding carboxylic acids is 1. The van der Waals surface area contributed by atoms with Crippen molar-refractivity contribution in [1.29, 1.82) is 0 Å². The summed E-state index contributed by atoms with van der Waals surface area (Å²) in [5.74, 6) is 0. The second kappa shape index (κ2) is 10.2. The normalized spacial score (nSPS) is 20.1. The molecule has 1 aromatic heterocycles. The SMILES string of the molecule is Cc1cc(-c2cccc3c(NC(=O)N4CCC5=C4C=C(N4CCN(C)CC4)C(Br)C5)cccc23)cc(C)n1. The van der Waals surface area contributed by atoms with Crippen molar-refractivity contribution in [2.24, 2.45) is 0 Å². The third-order valence-electron chi connectivity index (χ3n) is 7.99. The molecule has 3 heterocycles. The summed E-state index contributed by atoms with van der Waals surface area (Å²) in [6.45, 7) is 8.94. The van der Waals surface area contributed by atoms with Gasteiger partial charge in [0.1, 0.15) is 0 Å². The lowest BCUT2D eigenvalue weighted by Gasteiger charge is -2.39. The summed E-state index contributed by atoms with van der Waals surface area (Å²) in [4.78, 5) is 25.3. The van der Waals surface area contributed by atoms with Gasteiger partial charge in [-0.05, 0) is 80.1 Å². The number of hydrogen-bond donors (Lipinski definition) is 1. The van der Waals surface area contributed by atoms with E-state index in [-0.39, 0.29) is 6.03 Å². The molecule has 6 rings (SSSR count). The first-order chi connectivity index (χ1) is 18.4. The fraction of sp³-hybridized carbons (Fsp3) is 0.355. The molecule has 3 aromatic rings. The zero-order valence-corrected chi connectivity index (χ0v) is 23.9. The minimum absolute atomic E-state index is 0.0643. The minimum Gasteiger partial charge on any atom is -0.371 e. The maximum absolute atomic E-state index is 13.7. The van der Waals surface area contributed by atoms with Gasteiger partial charge in [-0.2, -0.15) is 0 Å². The van der Waals surface area contributed by atoms with E-state index in [0.717, 1.165) is 83.7 Å². The molecule has 0 bridgehead atoms. The maximum Gasteiger partial charge on any atom is 0.326 e. The summed E-state index contributed by atoms with van der Waals surface area (Å²) < 4.78 is 0. The molecular weight excluding hydrogens is 538 g/mol. The highest BCUT2D eigenvalue weighted by molar-refractivity contribution is 9.09. The Balaban J connectivity index is 1.28. The van der Waals surface area contributed by atoms with Gasteiger partial charge in [-0.3, -0.25) is 9.88 Å². The summed E-state index contributed by atoms with van der Waals surface area (Å²) in [6.07, 6.45) is 4.14. The summed E-state index contributed by atoms with van der Waals surface area (Å²) in [6, 6.07) is 16.6. The number of anilines is 1. The number of aryl methyl sites for hydroxylation is 2. The topological polar surface area (TPSA) is 51.7 Å². The van der Waals surface area contributed by atoms with Crippen LogP contribution in [0.25, 0.3) is 21.9 Å². The molecule has 7 heteroatoms. The number of fused-ring (bicyclic) bond motifs is 1. The third-order valence-corrected chi connectivity index (χ3v) is 8.78.